The number of hydrogen-bond acceptors (Lipinski definition) is 15. The Morgan fingerprint density at radius 2 is 1.68 bits per heavy atom. The highest BCUT2D eigenvalue weighted by Crippen LogP contribution is 2.32. The maximum atomic E-state index is 13.4. The average Bonchev–Trinajstić information content (AvgIpc) is 4.03. The number of anilines is 2. The molecule has 7 amide bonds. The molecule has 2 aliphatic rings. The number of thiazole rings is 1. The molecular formula is C43H50N8O12S3. The summed E-state index contributed by atoms with van der Waals surface area (Å²) in [6.07, 6.45) is 4.91. The van der Waals surface area contributed by atoms with Gasteiger partial charge >= 0.3 is 0 Å². The molecule has 2 aromatic heterocycles. The van der Waals surface area contributed by atoms with Crippen LogP contribution in [-0.2, 0) is 43.8 Å². The molecule has 20 nitrogen and oxygen atoms in total. The Labute approximate surface area is 385 Å². The van der Waals surface area contributed by atoms with Crippen LogP contribution in [0.2, 0.25) is 0 Å². The van der Waals surface area contributed by atoms with E-state index in [1.54, 1.807) is 17.5 Å². The molecule has 352 valence electrons. The number of fused-ring (bicyclic) bond motifs is 1. The Hall–Kier alpha value is -6.30. The summed E-state index contributed by atoms with van der Waals surface area (Å²) in [6.45, 7) is 0.682. The van der Waals surface area contributed by atoms with Gasteiger partial charge in [-0.3, -0.25) is 47.8 Å². The smallest absolute Gasteiger partial charge is 0.264 e. The molecular weight excluding hydrogens is 917 g/mol. The van der Waals surface area contributed by atoms with Crippen LogP contribution in [0.1, 0.15) is 82.4 Å². The topological polar surface area (TPSA) is 278 Å². The predicted molar refractivity (Wildman–Crippen MR) is 244 cm³/mol. The second-order valence-electron chi connectivity index (χ2n) is 15.6. The average molecular weight is 967 g/mol. The molecule has 6 rings (SSSR count). The molecule has 0 bridgehead atoms. The number of nitrogens with zero attached hydrogens (tertiary/aromatic N) is 3. The first-order chi connectivity index (χ1) is 31.5. The molecule has 5 N–H and O–H groups in total. The summed E-state index contributed by atoms with van der Waals surface area (Å²) < 4.78 is 55.8. The van der Waals surface area contributed by atoms with E-state index in [0.717, 1.165) is 26.9 Å². The maximum absolute atomic E-state index is 13.4. The summed E-state index contributed by atoms with van der Waals surface area (Å²) in [6, 6.07) is 13.2. The van der Waals surface area contributed by atoms with Crippen LogP contribution in [0.5, 0.6) is 0 Å². The van der Waals surface area contributed by atoms with Gasteiger partial charge < -0.3 is 26.0 Å². The van der Waals surface area contributed by atoms with Crippen LogP contribution in [0.15, 0.2) is 72.4 Å². The fourth-order valence-electron chi connectivity index (χ4n) is 7.17. The number of rotatable bonds is 24. The highest BCUT2D eigenvalue weighted by atomic mass is 32.2. The first-order valence-electron chi connectivity index (χ1n) is 21.2. The van der Waals surface area contributed by atoms with Gasteiger partial charge in [0.05, 0.1) is 40.1 Å². The molecule has 2 atom stereocenters. The minimum atomic E-state index is -3.63. The monoisotopic (exact) mass is 966 g/mol. The van der Waals surface area contributed by atoms with E-state index in [4.69, 9.17) is 4.74 Å². The van der Waals surface area contributed by atoms with Gasteiger partial charge in [-0.1, -0.05) is 36.4 Å². The summed E-state index contributed by atoms with van der Waals surface area (Å²) in [5.74, 6) is -4.17. The third-order valence-electron chi connectivity index (χ3n) is 10.6. The van der Waals surface area contributed by atoms with E-state index in [0.29, 0.717) is 35.8 Å². The SMILES string of the molecule is CS(=O)(=O)n1ccc(C(=O)N[C@@H](CCOCCCC(=O)NCCCCS(=O)(=O)CCCNc2cccc3c2C(=O)N(C2CCC(=O)NC2=O)C3=O)C(=O)Nc2nc(-c3ccccc3)cs2)c1. The van der Waals surface area contributed by atoms with Gasteiger partial charge in [-0.05, 0) is 56.7 Å². The van der Waals surface area contributed by atoms with E-state index in [-0.39, 0.29) is 92.5 Å². The van der Waals surface area contributed by atoms with Crippen molar-refractivity contribution in [1.29, 1.82) is 0 Å². The van der Waals surface area contributed by atoms with E-state index in [1.807, 2.05) is 30.3 Å². The molecule has 2 aliphatic heterocycles. The summed E-state index contributed by atoms with van der Waals surface area (Å²) >= 11 is 1.21. The van der Waals surface area contributed by atoms with Gasteiger partial charge in [0.2, 0.25) is 33.7 Å². The van der Waals surface area contributed by atoms with Crippen molar-refractivity contribution in [2.75, 3.05) is 54.7 Å². The molecule has 0 aliphatic carbocycles. The van der Waals surface area contributed by atoms with Crippen molar-refractivity contribution in [2.45, 2.75) is 63.5 Å². The standard InChI is InChI=1S/C43H50N8O12S3/c1-65(59,60)50-21-17-29(26-50)38(54)46-32(39(55)49-43-47-33(27-64-43)28-10-3-2-4-11-28)18-23-63-22-8-14-35(52)45-19-5-6-24-66(61,62)25-9-20-44-31-13-7-12-30-37(31)42(58)51(41(30)57)34-15-16-36(53)48-40(34)56/h2-4,7,10-13,17,21,26-27,32,34,44H,5-6,8-9,14-16,18-20,22-25H2,1H3,(H,45,52)(H,46,54)(H,47,49,55)(H,48,53,56)/t32-,34?/m0/s1. The summed E-state index contributed by atoms with van der Waals surface area (Å²) in [5.41, 5.74) is 2.10. The van der Waals surface area contributed by atoms with Crippen molar-refractivity contribution >= 4 is 83.4 Å². The van der Waals surface area contributed by atoms with Crippen LogP contribution in [0.25, 0.3) is 11.3 Å². The first kappa shape index (κ1) is 49.1. The lowest BCUT2D eigenvalue weighted by Crippen LogP contribution is -2.54. The number of unbranched alkanes of at least 4 members (excludes halogenated alkanes) is 1. The number of hydrogen-bond donors (Lipinski definition) is 5. The Balaban J connectivity index is 0.862. The van der Waals surface area contributed by atoms with Gasteiger partial charge in [0.1, 0.15) is 21.9 Å². The van der Waals surface area contributed by atoms with E-state index in [1.165, 1.54) is 29.7 Å². The molecule has 4 heterocycles. The zero-order valence-corrected chi connectivity index (χ0v) is 38.4. The number of piperidine rings is 1. The number of ether oxygens (including phenoxy) is 1. The predicted octanol–water partition coefficient (Wildman–Crippen LogP) is 2.56. The maximum Gasteiger partial charge on any atom is 0.264 e. The Morgan fingerprint density at radius 3 is 2.42 bits per heavy atom. The van der Waals surface area contributed by atoms with Crippen molar-refractivity contribution in [1.82, 2.24) is 29.8 Å². The van der Waals surface area contributed by atoms with E-state index < -0.39 is 67.4 Å². The number of nitrogens with one attached hydrogen (secondary N) is 5. The van der Waals surface area contributed by atoms with Crippen molar-refractivity contribution < 1.29 is 55.1 Å². The Morgan fingerprint density at radius 1 is 0.909 bits per heavy atom. The van der Waals surface area contributed by atoms with Crippen molar-refractivity contribution in [3.05, 3.63) is 89.1 Å². The molecule has 0 radical (unpaired) electrons. The van der Waals surface area contributed by atoms with Gasteiger partial charge in [0.25, 0.3) is 17.7 Å². The molecule has 1 unspecified atom stereocenters. The van der Waals surface area contributed by atoms with E-state index in [9.17, 15) is 50.4 Å². The molecule has 1 saturated heterocycles. The molecule has 2 aromatic carbocycles. The minimum Gasteiger partial charge on any atom is -0.384 e. The van der Waals surface area contributed by atoms with Crippen molar-refractivity contribution in [3.63, 3.8) is 0 Å². The van der Waals surface area contributed by atoms with Crippen LogP contribution in [0, 0.1) is 0 Å². The highest BCUT2D eigenvalue weighted by Gasteiger charge is 2.45. The number of carbonyl (C=O) groups excluding carboxylic acids is 7. The number of aromatic nitrogens is 2. The summed E-state index contributed by atoms with van der Waals surface area (Å²) in [7, 11) is -7.06. The molecule has 1 fully saturated rings. The number of imide groups is 2. The van der Waals surface area contributed by atoms with Crippen LogP contribution in [-0.4, -0.2) is 128 Å². The number of benzene rings is 2. The largest absolute Gasteiger partial charge is 0.384 e. The summed E-state index contributed by atoms with van der Waals surface area (Å²) in [4.78, 5) is 94.5. The lowest BCUT2D eigenvalue weighted by molar-refractivity contribution is -0.136. The lowest BCUT2D eigenvalue weighted by atomic mass is 10.0. The fourth-order valence-corrected chi connectivity index (χ4v) is 9.92. The van der Waals surface area contributed by atoms with Gasteiger partial charge in [-0.25, -0.2) is 21.8 Å². The van der Waals surface area contributed by atoms with Gasteiger partial charge in [0, 0.05) is 68.2 Å². The third kappa shape index (κ3) is 13.2. The van der Waals surface area contributed by atoms with E-state index >= 15 is 0 Å². The normalized spacial score (nSPS) is 15.5. The summed E-state index contributed by atoms with van der Waals surface area (Å²) in [5, 5.41) is 15.5. The lowest BCUT2D eigenvalue weighted by Gasteiger charge is -2.27. The second-order valence-corrected chi connectivity index (χ2v) is 20.6. The molecule has 4 aromatic rings. The zero-order valence-electron chi connectivity index (χ0n) is 35.9. The number of sulfone groups is 1. The zero-order chi connectivity index (χ0) is 47.4. The van der Waals surface area contributed by atoms with Crippen molar-refractivity contribution in [3.8, 4) is 11.3 Å². The van der Waals surface area contributed by atoms with Crippen molar-refractivity contribution in [2.24, 2.45) is 0 Å². The minimum absolute atomic E-state index is 0.000810. The van der Waals surface area contributed by atoms with Crippen LogP contribution in [0.4, 0.5) is 10.8 Å². The Bertz CT molecular complexity index is 2690. The number of amides is 7. The number of carbonyl (C=O) groups is 7. The van der Waals surface area contributed by atoms with Crippen LogP contribution in [0.3, 0.4) is 0 Å². The van der Waals surface area contributed by atoms with Gasteiger partial charge in [0.15, 0.2) is 5.13 Å². The Kier molecular flexibility index (Phi) is 16.6. The fraction of sp³-hybridized carbons (Fsp3) is 0.395. The highest BCUT2D eigenvalue weighted by molar-refractivity contribution is 7.91. The molecule has 0 saturated carbocycles. The molecule has 23 heteroatoms. The van der Waals surface area contributed by atoms with Gasteiger partial charge in [-0.15, -0.1) is 11.3 Å². The molecule has 66 heavy (non-hydrogen) atoms. The quantitative estimate of drug-likeness (QED) is 0.0499. The van der Waals surface area contributed by atoms with E-state index in [2.05, 4.69) is 31.6 Å². The third-order valence-corrected chi connectivity index (χ3v) is 14.2. The second kappa shape index (κ2) is 22.3. The first-order valence-corrected chi connectivity index (χ1v) is 25.7. The van der Waals surface area contributed by atoms with Gasteiger partial charge in [-0.2, -0.15) is 0 Å². The molecule has 0 spiro atoms. The van der Waals surface area contributed by atoms with Crippen LogP contribution < -0.4 is 26.6 Å². The van der Waals surface area contributed by atoms with Crippen LogP contribution >= 0.6 is 11.3 Å².